The Bertz CT molecular complexity index is 1090. The largest absolute Gasteiger partial charge is 0.456 e. The zero-order valence-electron chi connectivity index (χ0n) is 14.0. The molecule has 4 aromatic rings. The average Bonchev–Trinajstić information content (AvgIpc) is 3.23. The Balaban J connectivity index is 1.67. The fourth-order valence-corrected chi connectivity index (χ4v) is 3.56. The number of fused-ring (bicyclic) bond motifs is 1. The molecule has 7 heteroatoms. The standard InChI is InChI=1S/C18H16N4O2S/c1-10-4-6-13(11(2)8-10)14-9-25-18-20-17(21-22(14)18)19-16(23)15-7-5-12(3)24-15/h4-9H,1-3H3,(H,19,21,23). The van der Waals surface area contributed by atoms with Gasteiger partial charge in [-0.25, -0.2) is 4.52 Å². The van der Waals surface area contributed by atoms with Crippen LogP contribution in [0.2, 0.25) is 0 Å². The second-order valence-electron chi connectivity index (χ2n) is 5.93. The van der Waals surface area contributed by atoms with Crippen molar-refractivity contribution in [1.82, 2.24) is 14.6 Å². The number of rotatable bonds is 3. The van der Waals surface area contributed by atoms with Crippen molar-refractivity contribution in [2.24, 2.45) is 0 Å². The van der Waals surface area contributed by atoms with Gasteiger partial charge in [0.15, 0.2) is 5.76 Å². The van der Waals surface area contributed by atoms with Gasteiger partial charge in [0.05, 0.1) is 5.69 Å². The van der Waals surface area contributed by atoms with E-state index in [2.05, 4.69) is 47.4 Å². The topological polar surface area (TPSA) is 72.4 Å². The number of furan rings is 1. The smallest absolute Gasteiger partial charge is 0.293 e. The molecule has 0 atom stereocenters. The van der Waals surface area contributed by atoms with Gasteiger partial charge in [-0.3, -0.25) is 10.1 Å². The van der Waals surface area contributed by atoms with E-state index in [9.17, 15) is 4.79 Å². The van der Waals surface area contributed by atoms with E-state index in [0.717, 1.165) is 16.2 Å². The maximum atomic E-state index is 12.2. The molecule has 0 spiro atoms. The monoisotopic (exact) mass is 352 g/mol. The van der Waals surface area contributed by atoms with E-state index in [4.69, 9.17) is 4.42 Å². The number of hydrogen-bond donors (Lipinski definition) is 1. The van der Waals surface area contributed by atoms with E-state index >= 15 is 0 Å². The average molecular weight is 352 g/mol. The van der Waals surface area contributed by atoms with Gasteiger partial charge in [0.1, 0.15) is 5.76 Å². The lowest BCUT2D eigenvalue weighted by atomic mass is 10.0. The third-order valence-electron chi connectivity index (χ3n) is 3.93. The molecule has 3 aromatic heterocycles. The van der Waals surface area contributed by atoms with E-state index in [-0.39, 0.29) is 17.6 Å². The minimum absolute atomic E-state index is 0.241. The maximum absolute atomic E-state index is 12.2. The number of aromatic nitrogens is 3. The lowest BCUT2D eigenvalue weighted by Gasteiger charge is -2.05. The molecule has 1 N–H and O–H groups in total. The van der Waals surface area contributed by atoms with Gasteiger partial charge in [-0.1, -0.05) is 23.8 Å². The Hall–Kier alpha value is -2.93. The molecule has 0 aliphatic rings. The summed E-state index contributed by atoms with van der Waals surface area (Å²) in [5, 5.41) is 9.13. The van der Waals surface area contributed by atoms with Gasteiger partial charge in [0.2, 0.25) is 4.96 Å². The minimum atomic E-state index is -0.362. The summed E-state index contributed by atoms with van der Waals surface area (Å²) in [6.07, 6.45) is 0. The molecule has 25 heavy (non-hydrogen) atoms. The molecule has 0 aliphatic heterocycles. The number of aryl methyl sites for hydroxylation is 3. The normalized spacial score (nSPS) is 11.2. The number of nitrogens with zero attached hydrogens (tertiary/aromatic N) is 3. The summed E-state index contributed by atoms with van der Waals surface area (Å²) in [6.45, 7) is 5.93. The molecule has 0 radical (unpaired) electrons. The number of amides is 1. The van der Waals surface area contributed by atoms with Crippen LogP contribution in [0.4, 0.5) is 5.95 Å². The Kier molecular flexibility index (Phi) is 3.65. The molecule has 1 amide bonds. The van der Waals surface area contributed by atoms with Crippen LogP contribution in [0.25, 0.3) is 16.2 Å². The molecule has 0 aliphatic carbocycles. The van der Waals surface area contributed by atoms with Crippen molar-refractivity contribution in [2.45, 2.75) is 20.8 Å². The van der Waals surface area contributed by atoms with Gasteiger partial charge >= 0.3 is 0 Å². The maximum Gasteiger partial charge on any atom is 0.293 e. The summed E-state index contributed by atoms with van der Waals surface area (Å²) in [5.74, 6) is 0.822. The van der Waals surface area contributed by atoms with Crippen LogP contribution in [0.15, 0.2) is 40.1 Å². The molecular weight excluding hydrogens is 336 g/mol. The van der Waals surface area contributed by atoms with E-state index < -0.39 is 0 Å². The van der Waals surface area contributed by atoms with E-state index in [1.807, 2.05) is 5.38 Å². The molecule has 6 nitrogen and oxygen atoms in total. The SMILES string of the molecule is Cc1ccc(-c2csc3nc(NC(=O)c4ccc(C)o4)nn23)c(C)c1. The van der Waals surface area contributed by atoms with Gasteiger partial charge in [-0.05, 0) is 38.5 Å². The van der Waals surface area contributed by atoms with Crippen molar-refractivity contribution in [3.05, 3.63) is 58.4 Å². The zero-order valence-corrected chi connectivity index (χ0v) is 14.8. The van der Waals surface area contributed by atoms with Crippen LogP contribution >= 0.6 is 11.3 Å². The van der Waals surface area contributed by atoms with Crippen molar-refractivity contribution in [3.63, 3.8) is 0 Å². The number of thiazole rings is 1. The summed E-state index contributed by atoms with van der Waals surface area (Å²) in [5.41, 5.74) is 4.44. The summed E-state index contributed by atoms with van der Waals surface area (Å²) in [7, 11) is 0. The highest BCUT2D eigenvalue weighted by Crippen LogP contribution is 2.29. The van der Waals surface area contributed by atoms with Crippen molar-refractivity contribution >= 4 is 28.2 Å². The second kappa shape index (κ2) is 5.86. The fourth-order valence-electron chi connectivity index (χ4n) is 2.74. The van der Waals surface area contributed by atoms with Gasteiger partial charge < -0.3 is 4.42 Å². The number of carbonyl (C=O) groups excluding carboxylic acids is 1. The first-order valence-corrected chi connectivity index (χ1v) is 8.69. The quantitative estimate of drug-likeness (QED) is 0.599. The number of anilines is 1. The van der Waals surface area contributed by atoms with Crippen LogP contribution in [0.3, 0.4) is 0 Å². The highest BCUT2D eigenvalue weighted by Gasteiger charge is 2.16. The molecule has 3 heterocycles. The highest BCUT2D eigenvalue weighted by molar-refractivity contribution is 7.15. The third-order valence-corrected chi connectivity index (χ3v) is 4.75. The molecule has 126 valence electrons. The zero-order chi connectivity index (χ0) is 17.6. The van der Waals surface area contributed by atoms with Gasteiger partial charge in [-0.15, -0.1) is 16.4 Å². The molecule has 0 saturated carbocycles. The number of hydrogen-bond acceptors (Lipinski definition) is 5. The number of nitrogens with one attached hydrogen (secondary N) is 1. The minimum Gasteiger partial charge on any atom is -0.456 e. The number of carbonyl (C=O) groups is 1. The molecule has 0 fully saturated rings. The van der Waals surface area contributed by atoms with Crippen LogP contribution in [-0.2, 0) is 0 Å². The highest BCUT2D eigenvalue weighted by atomic mass is 32.1. The molecule has 0 saturated heterocycles. The van der Waals surface area contributed by atoms with Crippen molar-refractivity contribution < 1.29 is 9.21 Å². The first-order valence-electron chi connectivity index (χ1n) is 7.81. The van der Waals surface area contributed by atoms with Crippen LogP contribution < -0.4 is 5.32 Å². The lowest BCUT2D eigenvalue weighted by molar-refractivity contribution is 0.0994. The van der Waals surface area contributed by atoms with Crippen molar-refractivity contribution in [3.8, 4) is 11.3 Å². The summed E-state index contributed by atoms with van der Waals surface area (Å²) in [4.78, 5) is 17.3. The second-order valence-corrected chi connectivity index (χ2v) is 6.77. The van der Waals surface area contributed by atoms with Gasteiger partial charge in [-0.2, -0.15) is 4.98 Å². The van der Waals surface area contributed by atoms with Crippen LogP contribution in [0, 0.1) is 20.8 Å². The predicted molar refractivity (Wildman–Crippen MR) is 97.2 cm³/mol. The van der Waals surface area contributed by atoms with E-state index in [1.165, 1.54) is 22.5 Å². The molecule has 1 aromatic carbocycles. The Morgan fingerprint density at radius 2 is 2.04 bits per heavy atom. The van der Waals surface area contributed by atoms with Crippen LogP contribution in [0.1, 0.15) is 27.4 Å². The Morgan fingerprint density at radius 3 is 2.76 bits per heavy atom. The fraction of sp³-hybridized carbons (Fsp3) is 0.167. The summed E-state index contributed by atoms with van der Waals surface area (Å²) >= 11 is 1.48. The van der Waals surface area contributed by atoms with Crippen LogP contribution in [0.5, 0.6) is 0 Å². The molecular formula is C18H16N4O2S. The molecule has 0 unspecified atom stereocenters. The first kappa shape index (κ1) is 15.6. The van der Waals surface area contributed by atoms with Gasteiger partial charge in [0.25, 0.3) is 11.9 Å². The number of benzene rings is 1. The molecule has 4 rings (SSSR count). The predicted octanol–water partition coefficient (Wildman–Crippen LogP) is 4.23. The third kappa shape index (κ3) is 2.83. The summed E-state index contributed by atoms with van der Waals surface area (Å²) in [6, 6.07) is 9.66. The Labute approximate surface area is 148 Å². The van der Waals surface area contributed by atoms with E-state index in [0.29, 0.717) is 5.76 Å². The van der Waals surface area contributed by atoms with Crippen molar-refractivity contribution in [1.29, 1.82) is 0 Å². The first-order chi connectivity index (χ1) is 12.0. The van der Waals surface area contributed by atoms with E-state index in [1.54, 1.807) is 23.6 Å². The van der Waals surface area contributed by atoms with Gasteiger partial charge in [0, 0.05) is 10.9 Å². The molecule has 0 bridgehead atoms. The summed E-state index contributed by atoms with van der Waals surface area (Å²) < 4.78 is 7.08. The van der Waals surface area contributed by atoms with Crippen molar-refractivity contribution in [2.75, 3.05) is 5.32 Å². The Morgan fingerprint density at radius 1 is 1.20 bits per heavy atom. The van der Waals surface area contributed by atoms with Crippen LogP contribution in [-0.4, -0.2) is 20.5 Å². The lowest BCUT2D eigenvalue weighted by Crippen LogP contribution is -2.12.